The van der Waals surface area contributed by atoms with Gasteiger partial charge in [-0.2, -0.15) is 0 Å². The van der Waals surface area contributed by atoms with Crippen molar-refractivity contribution in [1.82, 2.24) is 0 Å². The Bertz CT molecular complexity index is 368. The highest BCUT2D eigenvalue weighted by Crippen LogP contribution is 2.26. The monoisotopic (exact) mass is 232 g/mol. The fourth-order valence-electron chi connectivity index (χ4n) is 1.35. The van der Waals surface area contributed by atoms with E-state index >= 15 is 0 Å². The number of hydrogen-bond donors (Lipinski definition) is 0. The van der Waals surface area contributed by atoms with Crippen LogP contribution in [0.5, 0.6) is 0 Å². The van der Waals surface area contributed by atoms with E-state index in [1.54, 1.807) is 6.92 Å². The number of halogens is 1. The van der Waals surface area contributed by atoms with Gasteiger partial charge in [0.05, 0.1) is 16.8 Å². The van der Waals surface area contributed by atoms with Crippen LogP contribution in [0, 0.1) is 5.92 Å². The summed E-state index contributed by atoms with van der Waals surface area (Å²) in [6, 6.07) is 0. The van der Waals surface area contributed by atoms with Crippen molar-refractivity contribution in [3.8, 4) is 0 Å². The lowest BCUT2D eigenvalue weighted by Crippen LogP contribution is -2.23. The highest BCUT2D eigenvalue weighted by atomic mass is 35.7. The van der Waals surface area contributed by atoms with Crippen molar-refractivity contribution >= 4 is 29.6 Å². The molecule has 7 heteroatoms. The second kappa shape index (κ2) is 2.85. The summed E-state index contributed by atoms with van der Waals surface area (Å²) in [5.41, 5.74) is 0. The molecule has 1 aliphatic heterocycles. The lowest BCUT2D eigenvalue weighted by Gasteiger charge is -2.07. The quantitative estimate of drug-likeness (QED) is 0.597. The lowest BCUT2D eigenvalue weighted by atomic mass is 10.2. The zero-order valence-corrected chi connectivity index (χ0v) is 8.79. The van der Waals surface area contributed by atoms with Crippen molar-refractivity contribution in [3.05, 3.63) is 0 Å². The average Bonchev–Trinajstić information content (AvgIpc) is 2.03. The summed E-state index contributed by atoms with van der Waals surface area (Å²) < 4.78 is 43.6. The predicted molar refractivity (Wildman–Crippen MR) is 46.4 cm³/mol. The van der Waals surface area contributed by atoms with Crippen molar-refractivity contribution in [2.75, 3.05) is 11.5 Å². The third kappa shape index (κ3) is 2.11. The number of sulfone groups is 1. The Morgan fingerprint density at radius 2 is 1.83 bits per heavy atom. The third-order valence-corrected chi connectivity index (χ3v) is 6.08. The maximum absolute atomic E-state index is 11.0. The molecule has 0 N–H and O–H groups in total. The lowest BCUT2D eigenvalue weighted by molar-refractivity contribution is 0.573. The van der Waals surface area contributed by atoms with E-state index in [9.17, 15) is 16.8 Å². The summed E-state index contributed by atoms with van der Waals surface area (Å²) in [4.78, 5) is 0. The van der Waals surface area contributed by atoms with E-state index in [4.69, 9.17) is 10.7 Å². The van der Waals surface area contributed by atoms with E-state index < -0.39 is 30.1 Å². The zero-order chi connectivity index (χ0) is 9.57. The minimum absolute atomic E-state index is 0.0797. The maximum Gasteiger partial charge on any atom is 0.236 e. The summed E-state index contributed by atoms with van der Waals surface area (Å²) in [7, 11) is -1.85. The van der Waals surface area contributed by atoms with E-state index in [2.05, 4.69) is 0 Å². The molecule has 0 aromatic heterocycles. The molecule has 0 aromatic carbocycles. The van der Waals surface area contributed by atoms with Gasteiger partial charge < -0.3 is 0 Å². The van der Waals surface area contributed by atoms with Crippen LogP contribution in [0.3, 0.4) is 0 Å². The van der Waals surface area contributed by atoms with Crippen molar-refractivity contribution in [2.24, 2.45) is 5.92 Å². The first-order valence-electron chi connectivity index (χ1n) is 3.36. The molecule has 0 bridgehead atoms. The Kier molecular flexibility index (Phi) is 2.44. The van der Waals surface area contributed by atoms with Crippen LogP contribution in [0.2, 0.25) is 0 Å². The number of rotatable bonds is 1. The molecule has 0 saturated carbocycles. The van der Waals surface area contributed by atoms with Gasteiger partial charge in [0.1, 0.15) is 0 Å². The first-order chi connectivity index (χ1) is 5.22. The summed E-state index contributed by atoms with van der Waals surface area (Å²) >= 11 is 0. The van der Waals surface area contributed by atoms with Crippen LogP contribution in [0.4, 0.5) is 0 Å². The first-order valence-corrected chi connectivity index (χ1v) is 7.56. The Morgan fingerprint density at radius 1 is 1.33 bits per heavy atom. The Labute approximate surface area is 76.3 Å². The summed E-state index contributed by atoms with van der Waals surface area (Å²) in [6.45, 7) is 1.58. The molecule has 1 rings (SSSR count). The molecule has 0 radical (unpaired) electrons. The van der Waals surface area contributed by atoms with Gasteiger partial charge in [0.2, 0.25) is 9.05 Å². The molecule has 1 heterocycles. The standard InChI is InChI=1S/C5H9ClO4S2/c1-4-2-11(7,8)3-5(4)12(6,9)10/h4-5H,2-3H2,1H3/t4-,5+/m1/s1. The molecule has 4 nitrogen and oxygen atoms in total. The zero-order valence-electron chi connectivity index (χ0n) is 6.40. The summed E-state index contributed by atoms with van der Waals surface area (Å²) in [6.07, 6.45) is 0. The van der Waals surface area contributed by atoms with Crippen LogP contribution in [-0.4, -0.2) is 33.6 Å². The highest BCUT2D eigenvalue weighted by Gasteiger charge is 2.41. The van der Waals surface area contributed by atoms with Crippen molar-refractivity contribution < 1.29 is 16.8 Å². The molecule has 12 heavy (non-hydrogen) atoms. The van der Waals surface area contributed by atoms with E-state index in [0.29, 0.717) is 0 Å². The van der Waals surface area contributed by atoms with Crippen LogP contribution in [0.1, 0.15) is 6.92 Å². The average molecular weight is 233 g/mol. The molecule has 1 fully saturated rings. The predicted octanol–water partition coefficient (Wildman–Crippen LogP) is -0.0119. The minimum atomic E-state index is -3.73. The van der Waals surface area contributed by atoms with Crippen LogP contribution in [0.25, 0.3) is 0 Å². The largest absolute Gasteiger partial charge is 0.236 e. The molecule has 0 unspecified atom stereocenters. The van der Waals surface area contributed by atoms with E-state index in [1.165, 1.54) is 0 Å². The van der Waals surface area contributed by atoms with E-state index in [-0.39, 0.29) is 11.5 Å². The van der Waals surface area contributed by atoms with Crippen LogP contribution >= 0.6 is 10.7 Å². The Morgan fingerprint density at radius 3 is 2.00 bits per heavy atom. The van der Waals surface area contributed by atoms with Crippen LogP contribution in [-0.2, 0) is 18.9 Å². The van der Waals surface area contributed by atoms with Gasteiger partial charge >= 0.3 is 0 Å². The molecule has 0 spiro atoms. The smallest absolute Gasteiger partial charge is 0.229 e. The molecule has 72 valence electrons. The second-order valence-electron chi connectivity index (χ2n) is 3.07. The first kappa shape index (κ1) is 10.3. The van der Waals surface area contributed by atoms with Gasteiger partial charge in [0.15, 0.2) is 9.84 Å². The van der Waals surface area contributed by atoms with Gasteiger partial charge in [-0.25, -0.2) is 16.8 Å². The molecule has 1 saturated heterocycles. The van der Waals surface area contributed by atoms with Crippen LogP contribution < -0.4 is 0 Å². The SMILES string of the molecule is C[C@@H]1CS(=O)(=O)C[C@@H]1S(=O)(=O)Cl. The van der Waals surface area contributed by atoms with Crippen molar-refractivity contribution in [3.63, 3.8) is 0 Å². The topological polar surface area (TPSA) is 68.3 Å². The fraction of sp³-hybridized carbons (Fsp3) is 1.00. The van der Waals surface area contributed by atoms with Gasteiger partial charge in [-0.1, -0.05) is 6.92 Å². The normalized spacial score (nSPS) is 35.2. The molecule has 2 atom stereocenters. The maximum atomic E-state index is 11.0. The van der Waals surface area contributed by atoms with Gasteiger partial charge in [0, 0.05) is 10.7 Å². The molecule has 0 aromatic rings. The van der Waals surface area contributed by atoms with Gasteiger partial charge in [-0.05, 0) is 5.92 Å². The van der Waals surface area contributed by atoms with Crippen molar-refractivity contribution in [2.45, 2.75) is 12.2 Å². The second-order valence-corrected chi connectivity index (χ2v) is 8.07. The Hall–Kier alpha value is 0.190. The number of hydrogen-bond acceptors (Lipinski definition) is 4. The van der Waals surface area contributed by atoms with E-state index in [1.807, 2.05) is 0 Å². The molecule has 0 aliphatic carbocycles. The van der Waals surface area contributed by atoms with Crippen molar-refractivity contribution in [1.29, 1.82) is 0 Å². The third-order valence-electron chi connectivity index (χ3n) is 1.93. The summed E-state index contributed by atoms with van der Waals surface area (Å²) in [5.74, 6) is -0.804. The van der Waals surface area contributed by atoms with Gasteiger partial charge in [-0.3, -0.25) is 0 Å². The minimum Gasteiger partial charge on any atom is -0.229 e. The summed E-state index contributed by atoms with van der Waals surface area (Å²) in [5, 5.41) is -0.927. The fourth-order valence-corrected chi connectivity index (χ4v) is 6.38. The van der Waals surface area contributed by atoms with E-state index in [0.717, 1.165) is 0 Å². The van der Waals surface area contributed by atoms with Gasteiger partial charge in [0.25, 0.3) is 0 Å². The molecular formula is C5H9ClO4S2. The molecule has 1 aliphatic rings. The Balaban J connectivity index is 3.01. The molecule has 0 amide bonds. The van der Waals surface area contributed by atoms with Gasteiger partial charge in [-0.15, -0.1) is 0 Å². The highest BCUT2D eigenvalue weighted by molar-refractivity contribution is 8.14. The van der Waals surface area contributed by atoms with Crippen LogP contribution in [0.15, 0.2) is 0 Å². The molecular weight excluding hydrogens is 224 g/mol.